The third-order valence-electron chi connectivity index (χ3n) is 4.92. The van der Waals surface area contributed by atoms with E-state index in [4.69, 9.17) is 14.5 Å². The van der Waals surface area contributed by atoms with Crippen LogP contribution in [-0.4, -0.2) is 36.8 Å². The van der Waals surface area contributed by atoms with Crippen molar-refractivity contribution in [2.45, 2.75) is 51.8 Å². The first-order chi connectivity index (χ1) is 13.8. The molecule has 0 saturated heterocycles. The predicted octanol–water partition coefficient (Wildman–Crippen LogP) is 4.19. The van der Waals surface area contributed by atoms with Crippen LogP contribution < -0.4 is 20.1 Å². The number of halogens is 1. The van der Waals surface area contributed by atoms with Crippen molar-refractivity contribution in [3.63, 3.8) is 0 Å². The molecule has 7 heteroatoms. The predicted molar refractivity (Wildman–Crippen MR) is 129 cm³/mol. The number of ether oxygens (including phenoxy) is 2. The molecule has 0 radical (unpaired) electrons. The Hall–Kier alpha value is -1.90. The van der Waals surface area contributed by atoms with E-state index in [1.807, 2.05) is 24.3 Å². The van der Waals surface area contributed by atoms with Gasteiger partial charge in [0.1, 0.15) is 0 Å². The molecule has 0 aliphatic heterocycles. The molecule has 0 atom stereocenters. The Kier molecular flexibility index (Phi) is 10.2. The number of nitrogens with zero attached hydrogens (tertiary/aromatic N) is 2. The van der Waals surface area contributed by atoms with Crippen molar-refractivity contribution >= 4 is 29.9 Å². The fourth-order valence-electron chi connectivity index (χ4n) is 3.43. The quantitative estimate of drug-likeness (QED) is 0.301. The summed E-state index contributed by atoms with van der Waals surface area (Å²) in [5, 5.41) is 6.67. The van der Waals surface area contributed by atoms with Crippen LogP contribution in [0.1, 0.15) is 38.2 Å². The Morgan fingerprint density at radius 1 is 1.14 bits per heavy atom. The van der Waals surface area contributed by atoms with Crippen LogP contribution in [0.15, 0.2) is 47.7 Å². The van der Waals surface area contributed by atoms with Crippen LogP contribution in [0.5, 0.6) is 11.5 Å². The molecule has 0 spiro atoms. The van der Waals surface area contributed by atoms with Crippen molar-refractivity contribution in [3.05, 3.63) is 48.3 Å². The minimum Gasteiger partial charge on any atom is -0.493 e. The van der Waals surface area contributed by atoms with Gasteiger partial charge in [0.05, 0.1) is 19.8 Å². The fourth-order valence-corrected chi connectivity index (χ4v) is 3.43. The molecule has 2 N–H and O–H groups in total. The number of nitrogens with one attached hydrogen (secondary N) is 2. The van der Waals surface area contributed by atoms with Crippen molar-refractivity contribution in [1.29, 1.82) is 0 Å². The molecule has 160 valence electrons. The van der Waals surface area contributed by atoms with Gasteiger partial charge in [-0.15, -0.1) is 24.0 Å². The van der Waals surface area contributed by atoms with Crippen LogP contribution in [0.3, 0.4) is 0 Å². The van der Waals surface area contributed by atoms with Crippen LogP contribution >= 0.6 is 24.0 Å². The van der Waals surface area contributed by atoms with Gasteiger partial charge in [-0.2, -0.15) is 0 Å². The second-order valence-electron chi connectivity index (χ2n) is 7.05. The fraction of sp³-hybridized carbons (Fsp3) is 0.500. The number of guanidine groups is 1. The lowest BCUT2D eigenvalue weighted by Gasteiger charge is -2.16. The molecule has 1 heterocycles. The smallest absolute Gasteiger partial charge is 0.191 e. The molecular formula is C22H33IN4O2. The summed E-state index contributed by atoms with van der Waals surface area (Å²) in [6, 6.07) is 10.2. The zero-order valence-electron chi connectivity index (χ0n) is 17.4. The van der Waals surface area contributed by atoms with E-state index in [0.717, 1.165) is 55.5 Å². The summed E-state index contributed by atoms with van der Waals surface area (Å²) >= 11 is 0. The Balaban J connectivity index is 0.00000300. The number of hydrogen-bond acceptors (Lipinski definition) is 3. The first kappa shape index (κ1) is 23.4. The molecule has 29 heavy (non-hydrogen) atoms. The second-order valence-corrected chi connectivity index (χ2v) is 7.05. The number of rotatable bonds is 9. The van der Waals surface area contributed by atoms with Crippen molar-refractivity contribution < 1.29 is 9.47 Å². The van der Waals surface area contributed by atoms with Gasteiger partial charge in [0.25, 0.3) is 0 Å². The van der Waals surface area contributed by atoms with Crippen LogP contribution in [0.4, 0.5) is 0 Å². The number of hydrogen-bond donors (Lipinski definition) is 2. The van der Waals surface area contributed by atoms with E-state index in [9.17, 15) is 0 Å². The molecule has 1 aliphatic rings. The normalized spacial score (nSPS) is 14.3. The first-order valence-corrected chi connectivity index (χ1v) is 10.2. The third kappa shape index (κ3) is 7.45. The molecule has 2 aromatic rings. The number of methoxy groups -OCH3 is 1. The Labute approximate surface area is 191 Å². The zero-order valence-corrected chi connectivity index (χ0v) is 19.7. The van der Waals surface area contributed by atoms with Gasteiger partial charge in [-0.1, -0.05) is 6.07 Å². The molecule has 6 nitrogen and oxygen atoms in total. The highest BCUT2D eigenvalue weighted by Crippen LogP contribution is 2.32. The Morgan fingerprint density at radius 2 is 1.90 bits per heavy atom. The molecule has 0 unspecified atom stereocenters. The Bertz CT molecular complexity index is 743. The van der Waals surface area contributed by atoms with Gasteiger partial charge in [-0.25, -0.2) is 4.99 Å². The number of aromatic nitrogens is 1. The maximum absolute atomic E-state index is 6.12. The minimum atomic E-state index is 0. The highest BCUT2D eigenvalue weighted by molar-refractivity contribution is 14.0. The van der Waals surface area contributed by atoms with Crippen LogP contribution in [0.25, 0.3) is 0 Å². The average Bonchev–Trinajstić information content (AvgIpc) is 3.41. The highest BCUT2D eigenvalue weighted by Gasteiger charge is 2.18. The molecule has 3 rings (SSSR count). The minimum absolute atomic E-state index is 0. The van der Waals surface area contributed by atoms with Gasteiger partial charge in [0.15, 0.2) is 17.5 Å². The lowest BCUT2D eigenvalue weighted by molar-refractivity contribution is 0.200. The van der Waals surface area contributed by atoms with E-state index in [0.29, 0.717) is 12.6 Å². The molecule has 1 saturated carbocycles. The van der Waals surface area contributed by atoms with Crippen molar-refractivity contribution in [2.24, 2.45) is 4.99 Å². The average molecular weight is 512 g/mol. The van der Waals surface area contributed by atoms with Gasteiger partial charge in [0.2, 0.25) is 0 Å². The van der Waals surface area contributed by atoms with E-state index in [2.05, 4.69) is 40.6 Å². The lowest BCUT2D eigenvalue weighted by atomic mass is 10.2. The maximum Gasteiger partial charge on any atom is 0.191 e. The largest absolute Gasteiger partial charge is 0.493 e. The van der Waals surface area contributed by atoms with Gasteiger partial charge < -0.3 is 24.7 Å². The van der Waals surface area contributed by atoms with E-state index >= 15 is 0 Å². The van der Waals surface area contributed by atoms with E-state index in [1.165, 1.54) is 12.8 Å². The molecule has 1 aromatic heterocycles. The van der Waals surface area contributed by atoms with E-state index in [1.54, 1.807) is 7.11 Å². The number of aliphatic imine (C=N–C) groups is 1. The second kappa shape index (κ2) is 12.6. The SMILES string of the molecule is CCNC(=NCc1ccc(OC2CCCC2)c(OC)c1)NCCn1cccc1.I. The van der Waals surface area contributed by atoms with Crippen molar-refractivity contribution in [2.75, 3.05) is 20.2 Å². The summed E-state index contributed by atoms with van der Waals surface area (Å²) in [6.45, 7) is 5.20. The van der Waals surface area contributed by atoms with Gasteiger partial charge >= 0.3 is 0 Å². The van der Waals surface area contributed by atoms with E-state index in [-0.39, 0.29) is 24.0 Å². The lowest BCUT2D eigenvalue weighted by Crippen LogP contribution is -2.38. The summed E-state index contributed by atoms with van der Waals surface area (Å²) in [5.74, 6) is 2.43. The monoisotopic (exact) mass is 512 g/mol. The van der Waals surface area contributed by atoms with Crippen LogP contribution in [0.2, 0.25) is 0 Å². The standard InChI is InChI=1S/C22H32N4O2.HI/c1-3-23-22(24-12-15-26-13-6-7-14-26)25-17-18-10-11-20(21(16-18)27-2)28-19-8-4-5-9-19;/h6-7,10-11,13-14,16,19H,3-5,8-9,12,15,17H2,1-2H3,(H2,23,24,25);1H. The third-order valence-corrected chi connectivity index (χ3v) is 4.92. The molecule has 1 aliphatic carbocycles. The summed E-state index contributed by atoms with van der Waals surface area (Å²) in [6.07, 6.45) is 9.23. The van der Waals surface area contributed by atoms with Crippen LogP contribution in [-0.2, 0) is 13.1 Å². The Morgan fingerprint density at radius 3 is 2.59 bits per heavy atom. The highest BCUT2D eigenvalue weighted by atomic mass is 127. The van der Waals surface area contributed by atoms with Crippen molar-refractivity contribution in [3.8, 4) is 11.5 Å². The van der Waals surface area contributed by atoms with E-state index < -0.39 is 0 Å². The summed E-state index contributed by atoms with van der Waals surface area (Å²) in [5.41, 5.74) is 1.10. The summed E-state index contributed by atoms with van der Waals surface area (Å²) < 4.78 is 13.8. The summed E-state index contributed by atoms with van der Waals surface area (Å²) in [4.78, 5) is 4.70. The topological polar surface area (TPSA) is 59.8 Å². The van der Waals surface area contributed by atoms with Crippen molar-refractivity contribution in [1.82, 2.24) is 15.2 Å². The van der Waals surface area contributed by atoms with Gasteiger partial charge in [-0.05, 0) is 62.4 Å². The zero-order chi connectivity index (χ0) is 19.6. The van der Waals surface area contributed by atoms with Crippen LogP contribution in [0, 0.1) is 0 Å². The molecule has 0 amide bonds. The van der Waals surface area contributed by atoms with Gasteiger partial charge in [-0.3, -0.25) is 0 Å². The molecule has 0 bridgehead atoms. The molecular weight excluding hydrogens is 479 g/mol. The first-order valence-electron chi connectivity index (χ1n) is 10.2. The number of benzene rings is 1. The van der Waals surface area contributed by atoms with Gasteiger partial charge in [0, 0.05) is 32.0 Å². The molecule has 1 fully saturated rings. The summed E-state index contributed by atoms with van der Waals surface area (Å²) in [7, 11) is 1.69. The maximum atomic E-state index is 6.12. The molecule has 1 aromatic carbocycles.